The molecule has 1 fully saturated rings. The quantitative estimate of drug-likeness (QED) is 0.842. The molecular weight excluding hydrogens is 296 g/mol. The molecule has 1 aromatic rings. The summed E-state index contributed by atoms with van der Waals surface area (Å²) in [5.41, 5.74) is 6.81. The van der Waals surface area contributed by atoms with Crippen LogP contribution in [-0.2, 0) is 4.74 Å². The highest BCUT2D eigenvalue weighted by atomic mass is 79.9. The Hall–Kier alpha value is -1.07. The molecule has 18 heavy (non-hydrogen) atoms. The molecular formula is C13H17BrN2O2. The number of benzene rings is 1. The van der Waals surface area contributed by atoms with Crippen molar-refractivity contribution in [2.24, 2.45) is 0 Å². The van der Waals surface area contributed by atoms with Crippen molar-refractivity contribution in [1.29, 1.82) is 0 Å². The largest absolute Gasteiger partial charge is 0.398 e. The molecule has 1 aliphatic carbocycles. The fraction of sp³-hybridized carbons (Fsp3) is 0.462. The van der Waals surface area contributed by atoms with Crippen molar-refractivity contribution >= 4 is 27.5 Å². The molecule has 4 nitrogen and oxygen atoms in total. The van der Waals surface area contributed by atoms with Crippen LogP contribution in [0.25, 0.3) is 0 Å². The summed E-state index contributed by atoms with van der Waals surface area (Å²) in [5, 5.41) is 3.00. The van der Waals surface area contributed by atoms with E-state index in [4.69, 9.17) is 10.5 Å². The van der Waals surface area contributed by atoms with Crippen molar-refractivity contribution in [3.8, 4) is 0 Å². The molecule has 1 aromatic carbocycles. The molecule has 1 aliphatic rings. The van der Waals surface area contributed by atoms with Gasteiger partial charge in [0.1, 0.15) is 0 Å². The van der Waals surface area contributed by atoms with E-state index in [1.165, 1.54) is 0 Å². The van der Waals surface area contributed by atoms with Gasteiger partial charge in [-0.05, 0) is 37.5 Å². The van der Waals surface area contributed by atoms with E-state index in [-0.39, 0.29) is 18.1 Å². The molecule has 0 radical (unpaired) electrons. The van der Waals surface area contributed by atoms with E-state index < -0.39 is 0 Å². The number of nitrogen functional groups attached to an aromatic ring is 1. The number of rotatable bonds is 3. The van der Waals surface area contributed by atoms with Gasteiger partial charge >= 0.3 is 0 Å². The number of amides is 1. The van der Waals surface area contributed by atoms with Crippen LogP contribution in [0, 0.1) is 0 Å². The number of hydrogen-bond donors (Lipinski definition) is 2. The lowest BCUT2D eigenvalue weighted by Gasteiger charge is -2.20. The number of hydrogen-bond acceptors (Lipinski definition) is 3. The number of carbonyl (C=O) groups excluding carboxylic acids is 1. The zero-order valence-electron chi connectivity index (χ0n) is 10.3. The zero-order valence-corrected chi connectivity index (χ0v) is 11.9. The lowest BCUT2D eigenvalue weighted by atomic mass is 10.1. The molecule has 0 saturated heterocycles. The van der Waals surface area contributed by atoms with Crippen LogP contribution in [0.2, 0.25) is 0 Å². The fourth-order valence-corrected chi connectivity index (χ4v) is 2.71. The van der Waals surface area contributed by atoms with Gasteiger partial charge in [0.05, 0.1) is 17.7 Å². The smallest absolute Gasteiger partial charge is 0.253 e. The lowest BCUT2D eigenvalue weighted by Crippen LogP contribution is -2.40. The first-order chi connectivity index (χ1) is 8.61. The summed E-state index contributed by atoms with van der Waals surface area (Å²) in [6.45, 7) is 0. The molecule has 2 rings (SSSR count). The van der Waals surface area contributed by atoms with Crippen LogP contribution in [0.3, 0.4) is 0 Å². The summed E-state index contributed by atoms with van der Waals surface area (Å²) < 4.78 is 6.20. The maximum Gasteiger partial charge on any atom is 0.253 e. The van der Waals surface area contributed by atoms with Gasteiger partial charge in [-0.15, -0.1) is 0 Å². The highest BCUT2D eigenvalue weighted by molar-refractivity contribution is 9.10. The van der Waals surface area contributed by atoms with Gasteiger partial charge in [0.2, 0.25) is 0 Å². The van der Waals surface area contributed by atoms with Crippen molar-refractivity contribution < 1.29 is 9.53 Å². The van der Waals surface area contributed by atoms with Gasteiger partial charge in [-0.25, -0.2) is 0 Å². The molecule has 1 amide bonds. The van der Waals surface area contributed by atoms with Gasteiger partial charge in [0.25, 0.3) is 5.91 Å². The Morgan fingerprint density at radius 3 is 3.00 bits per heavy atom. The Bertz CT molecular complexity index is 451. The van der Waals surface area contributed by atoms with Crippen molar-refractivity contribution in [2.45, 2.75) is 31.4 Å². The van der Waals surface area contributed by atoms with E-state index in [2.05, 4.69) is 21.2 Å². The van der Waals surface area contributed by atoms with E-state index >= 15 is 0 Å². The lowest BCUT2D eigenvalue weighted by molar-refractivity contribution is 0.0722. The molecule has 0 spiro atoms. The average molecular weight is 313 g/mol. The van der Waals surface area contributed by atoms with E-state index in [1.807, 2.05) is 6.07 Å². The Morgan fingerprint density at radius 1 is 1.50 bits per heavy atom. The molecule has 2 unspecified atom stereocenters. The van der Waals surface area contributed by atoms with Crippen LogP contribution in [0.5, 0.6) is 0 Å². The predicted molar refractivity (Wildman–Crippen MR) is 74.5 cm³/mol. The minimum Gasteiger partial charge on any atom is -0.398 e. The second-order valence-electron chi connectivity index (χ2n) is 4.52. The molecule has 1 saturated carbocycles. The predicted octanol–water partition coefficient (Wildman–Crippen LogP) is 2.33. The maximum atomic E-state index is 12.2. The van der Waals surface area contributed by atoms with Gasteiger partial charge in [-0.3, -0.25) is 4.79 Å². The second-order valence-corrected chi connectivity index (χ2v) is 5.43. The first-order valence-electron chi connectivity index (χ1n) is 6.00. The molecule has 0 heterocycles. The summed E-state index contributed by atoms with van der Waals surface area (Å²) in [6.07, 6.45) is 3.15. The topological polar surface area (TPSA) is 64.3 Å². The molecule has 0 aromatic heterocycles. The molecule has 2 atom stereocenters. The third-order valence-electron chi connectivity index (χ3n) is 3.33. The van der Waals surface area contributed by atoms with Crippen LogP contribution >= 0.6 is 15.9 Å². The third-order valence-corrected chi connectivity index (χ3v) is 3.83. The maximum absolute atomic E-state index is 12.2. The van der Waals surface area contributed by atoms with Crippen molar-refractivity contribution in [3.05, 3.63) is 28.2 Å². The average Bonchev–Trinajstić information content (AvgIpc) is 2.79. The zero-order chi connectivity index (χ0) is 13.1. The van der Waals surface area contributed by atoms with Crippen molar-refractivity contribution in [1.82, 2.24) is 5.32 Å². The molecule has 98 valence electrons. The Balaban J connectivity index is 2.09. The first kappa shape index (κ1) is 13.4. The van der Waals surface area contributed by atoms with Gasteiger partial charge in [-0.2, -0.15) is 0 Å². The van der Waals surface area contributed by atoms with Crippen LogP contribution in [0.4, 0.5) is 5.69 Å². The Kier molecular flexibility index (Phi) is 4.24. The second kappa shape index (κ2) is 5.71. The summed E-state index contributed by atoms with van der Waals surface area (Å²) in [7, 11) is 1.68. The number of halogens is 1. The Morgan fingerprint density at radius 2 is 2.28 bits per heavy atom. The van der Waals surface area contributed by atoms with Crippen molar-refractivity contribution in [2.75, 3.05) is 12.8 Å². The highest BCUT2D eigenvalue weighted by Gasteiger charge is 2.29. The number of methoxy groups -OCH3 is 1. The standard InChI is InChI=1S/C13H17BrN2O2/c1-18-12-4-2-3-11(12)16-13(17)9-7-8(14)5-6-10(9)15/h5-7,11-12H,2-4,15H2,1H3,(H,16,17). The van der Waals surface area contributed by atoms with Crippen LogP contribution in [-0.4, -0.2) is 25.2 Å². The normalized spacial score (nSPS) is 23.0. The fourth-order valence-electron chi connectivity index (χ4n) is 2.34. The summed E-state index contributed by atoms with van der Waals surface area (Å²) in [4.78, 5) is 12.2. The van der Waals surface area contributed by atoms with E-state index in [0.29, 0.717) is 11.3 Å². The number of nitrogens with one attached hydrogen (secondary N) is 1. The highest BCUT2D eigenvalue weighted by Crippen LogP contribution is 2.23. The van der Waals surface area contributed by atoms with Gasteiger partial charge in [0, 0.05) is 17.3 Å². The van der Waals surface area contributed by atoms with E-state index in [1.54, 1.807) is 19.2 Å². The van der Waals surface area contributed by atoms with E-state index in [9.17, 15) is 4.79 Å². The molecule has 3 N–H and O–H groups in total. The summed E-state index contributed by atoms with van der Waals surface area (Å²) >= 11 is 3.34. The van der Waals surface area contributed by atoms with Crippen LogP contribution in [0.1, 0.15) is 29.6 Å². The monoisotopic (exact) mass is 312 g/mol. The third kappa shape index (κ3) is 2.84. The molecule has 0 aliphatic heterocycles. The van der Waals surface area contributed by atoms with Crippen LogP contribution < -0.4 is 11.1 Å². The SMILES string of the molecule is COC1CCCC1NC(=O)c1cc(Br)ccc1N. The first-order valence-corrected chi connectivity index (χ1v) is 6.80. The minimum absolute atomic E-state index is 0.0841. The van der Waals surface area contributed by atoms with Crippen molar-refractivity contribution in [3.63, 3.8) is 0 Å². The summed E-state index contributed by atoms with van der Waals surface area (Å²) in [5.74, 6) is -0.136. The molecule has 5 heteroatoms. The number of nitrogens with two attached hydrogens (primary N) is 1. The molecule has 0 bridgehead atoms. The summed E-state index contributed by atoms with van der Waals surface area (Å²) in [6, 6.07) is 5.36. The number of ether oxygens (including phenoxy) is 1. The minimum atomic E-state index is -0.136. The van der Waals surface area contributed by atoms with Gasteiger partial charge in [0.15, 0.2) is 0 Å². The number of anilines is 1. The van der Waals surface area contributed by atoms with Gasteiger partial charge < -0.3 is 15.8 Å². The van der Waals surface area contributed by atoms with E-state index in [0.717, 1.165) is 23.7 Å². The van der Waals surface area contributed by atoms with Crippen LogP contribution in [0.15, 0.2) is 22.7 Å². The number of carbonyl (C=O) groups is 1. The Labute approximate surface area is 115 Å². The van der Waals surface area contributed by atoms with Gasteiger partial charge in [-0.1, -0.05) is 15.9 Å².